The van der Waals surface area contributed by atoms with Gasteiger partial charge in [0.1, 0.15) is 6.04 Å². The smallest absolute Gasteiger partial charge is 0.261 e. The molecule has 1 heterocycles. The van der Waals surface area contributed by atoms with Crippen molar-refractivity contribution in [2.24, 2.45) is 5.41 Å². The van der Waals surface area contributed by atoms with Crippen molar-refractivity contribution in [3.63, 3.8) is 0 Å². The molecule has 6 heteroatoms. The van der Waals surface area contributed by atoms with Gasteiger partial charge in [-0.2, -0.15) is 0 Å². The van der Waals surface area contributed by atoms with Gasteiger partial charge in [-0.1, -0.05) is 19.9 Å². The molecule has 19 heavy (non-hydrogen) atoms. The molecule has 5 nitrogen and oxygen atoms in total. The van der Waals surface area contributed by atoms with Crippen LogP contribution in [0.15, 0.2) is 17.5 Å². The van der Waals surface area contributed by atoms with E-state index in [2.05, 4.69) is 10.6 Å². The second-order valence-electron chi connectivity index (χ2n) is 5.21. The Labute approximate surface area is 117 Å². The summed E-state index contributed by atoms with van der Waals surface area (Å²) in [6.45, 7) is 5.68. The highest BCUT2D eigenvalue weighted by Crippen LogP contribution is 2.11. The molecule has 0 aromatic carbocycles. The first-order valence-corrected chi connectivity index (χ1v) is 6.96. The molecule has 0 saturated heterocycles. The number of carbonyl (C=O) groups is 2. The van der Waals surface area contributed by atoms with E-state index in [0.29, 0.717) is 11.4 Å². The maximum absolute atomic E-state index is 11.8. The molecule has 0 fully saturated rings. The zero-order valence-electron chi connectivity index (χ0n) is 11.4. The second kappa shape index (κ2) is 6.68. The molecule has 1 aromatic heterocycles. The van der Waals surface area contributed by atoms with Gasteiger partial charge in [-0.25, -0.2) is 0 Å². The highest BCUT2D eigenvalue weighted by molar-refractivity contribution is 7.12. The largest absolute Gasteiger partial charge is 0.396 e. The van der Waals surface area contributed by atoms with Crippen molar-refractivity contribution in [2.75, 3.05) is 13.2 Å². The summed E-state index contributed by atoms with van der Waals surface area (Å²) in [5.74, 6) is -0.509. The first kappa shape index (κ1) is 15.7. The minimum Gasteiger partial charge on any atom is -0.396 e. The molecule has 0 aliphatic rings. The average molecular weight is 284 g/mol. The summed E-state index contributed by atoms with van der Waals surface area (Å²) in [6, 6.07) is 2.89. The standard InChI is InChI=1S/C13H20N2O3S/c1-9(11(17)14-7-13(2,3)8-16)15-12(18)10-5-4-6-19-10/h4-6,9,16H,7-8H2,1-3H3,(H,14,17)(H,15,18). The maximum Gasteiger partial charge on any atom is 0.261 e. The van der Waals surface area contributed by atoms with E-state index < -0.39 is 6.04 Å². The van der Waals surface area contributed by atoms with Gasteiger partial charge >= 0.3 is 0 Å². The van der Waals surface area contributed by atoms with E-state index >= 15 is 0 Å². The van der Waals surface area contributed by atoms with Crippen LogP contribution in [-0.2, 0) is 4.79 Å². The number of hydrogen-bond acceptors (Lipinski definition) is 4. The minimum atomic E-state index is -0.607. The van der Waals surface area contributed by atoms with Crippen LogP contribution in [0.2, 0.25) is 0 Å². The van der Waals surface area contributed by atoms with E-state index in [-0.39, 0.29) is 23.8 Å². The van der Waals surface area contributed by atoms with Crippen LogP contribution in [0.3, 0.4) is 0 Å². The van der Waals surface area contributed by atoms with Gasteiger partial charge in [0.25, 0.3) is 5.91 Å². The van der Waals surface area contributed by atoms with Gasteiger partial charge in [0.2, 0.25) is 5.91 Å². The highest BCUT2D eigenvalue weighted by Gasteiger charge is 2.21. The summed E-state index contributed by atoms with van der Waals surface area (Å²) in [5.41, 5.74) is -0.368. The maximum atomic E-state index is 11.8. The van der Waals surface area contributed by atoms with Crippen LogP contribution in [0.4, 0.5) is 0 Å². The lowest BCUT2D eigenvalue weighted by Gasteiger charge is -2.23. The highest BCUT2D eigenvalue weighted by atomic mass is 32.1. The van der Waals surface area contributed by atoms with Crippen molar-refractivity contribution in [3.05, 3.63) is 22.4 Å². The molecule has 0 radical (unpaired) electrons. The Morgan fingerprint density at radius 2 is 2.16 bits per heavy atom. The van der Waals surface area contributed by atoms with Crippen molar-refractivity contribution in [2.45, 2.75) is 26.8 Å². The molecule has 0 saturated carbocycles. The fourth-order valence-corrected chi connectivity index (χ4v) is 1.90. The molecule has 0 bridgehead atoms. The van der Waals surface area contributed by atoms with Crippen LogP contribution in [0.5, 0.6) is 0 Å². The fraction of sp³-hybridized carbons (Fsp3) is 0.538. The first-order chi connectivity index (χ1) is 8.85. The lowest BCUT2D eigenvalue weighted by Crippen LogP contribution is -2.47. The number of aliphatic hydroxyl groups is 1. The van der Waals surface area contributed by atoms with Crippen LogP contribution in [0, 0.1) is 5.41 Å². The second-order valence-corrected chi connectivity index (χ2v) is 6.16. The van der Waals surface area contributed by atoms with Crippen LogP contribution in [0.1, 0.15) is 30.4 Å². The van der Waals surface area contributed by atoms with Gasteiger partial charge in [-0.3, -0.25) is 9.59 Å². The summed E-state index contributed by atoms with van der Waals surface area (Å²) in [4.78, 5) is 24.1. The SMILES string of the molecule is CC(NC(=O)c1cccs1)C(=O)NCC(C)(C)CO. The first-order valence-electron chi connectivity index (χ1n) is 6.09. The summed E-state index contributed by atoms with van der Waals surface area (Å²) in [6.07, 6.45) is 0. The van der Waals surface area contributed by atoms with Crippen molar-refractivity contribution in [1.29, 1.82) is 0 Å². The van der Waals surface area contributed by atoms with E-state index in [9.17, 15) is 9.59 Å². The molecular weight excluding hydrogens is 264 g/mol. The van der Waals surface area contributed by atoms with E-state index in [1.54, 1.807) is 19.1 Å². The Balaban J connectivity index is 2.43. The third-order valence-electron chi connectivity index (χ3n) is 2.66. The summed E-state index contributed by atoms with van der Waals surface area (Å²) < 4.78 is 0. The fourth-order valence-electron chi connectivity index (χ4n) is 1.28. The molecule has 0 spiro atoms. The lowest BCUT2D eigenvalue weighted by molar-refractivity contribution is -0.123. The normalized spacial score (nSPS) is 12.8. The average Bonchev–Trinajstić information content (AvgIpc) is 2.89. The number of aliphatic hydroxyl groups excluding tert-OH is 1. The number of rotatable bonds is 6. The third-order valence-corrected chi connectivity index (χ3v) is 3.52. The van der Waals surface area contributed by atoms with Crippen LogP contribution in [-0.4, -0.2) is 36.1 Å². The van der Waals surface area contributed by atoms with Gasteiger partial charge in [0.05, 0.1) is 4.88 Å². The number of nitrogens with one attached hydrogen (secondary N) is 2. The Bertz CT molecular complexity index is 429. The molecule has 2 amide bonds. The van der Waals surface area contributed by atoms with Gasteiger partial charge in [-0.15, -0.1) is 11.3 Å². The predicted octanol–water partition coefficient (Wildman–Crippen LogP) is 1.00. The number of hydrogen-bond donors (Lipinski definition) is 3. The van der Waals surface area contributed by atoms with Crippen molar-refractivity contribution < 1.29 is 14.7 Å². The zero-order chi connectivity index (χ0) is 14.5. The van der Waals surface area contributed by atoms with Crippen molar-refractivity contribution >= 4 is 23.2 Å². The molecule has 1 rings (SSSR count). The van der Waals surface area contributed by atoms with Crippen LogP contribution in [0.25, 0.3) is 0 Å². The Kier molecular flexibility index (Phi) is 5.50. The van der Waals surface area contributed by atoms with E-state index in [0.717, 1.165) is 0 Å². The van der Waals surface area contributed by atoms with Crippen molar-refractivity contribution in [3.8, 4) is 0 Å². The Morgan fingerprint density at radius 1 is 1.47 bits per heavy atom. The molecule has 3 N–H and O–H groups in total. The predicted molar refractivity (Wildman–Crippen MR) is 75.1 cm³/mol. The quantitative estimate of drug-likeness (QED) is 0.729. The lowest BCUT2D eigenvalue weighted by atomic mass is 9.95. The number of carbonyl (C=O) groups excluding carboxylic acids is 2. The summed E-state index contributed by atoms with van der Waals surface area (Å²) >= 11 is 1.33. The van der Waals surface area contributed by atoms with Crippen molar-refractivity contribution in [1.82, 2.24) is 10.6 Å². The monoisotopic (exact) mass is 284 g/mol. The number of thiophene rings is 1. The topological polar surface area (TPSA) is 78.4 Å². The number of amides is 2. The van der Waals surface area contributed by atoms with Crippen LogP contribution >= 0.6 is 11.3 Å². The Morgan fingerprint density at radius 3 is 2.68 bits per heavy atom. The summed E-state index contributed by atoms with van der Waals surface area (Å²) in [7, 11) is 0. The molecule has 0 aliphatic heterocycles. The molecule has 0 aliphatic carbocycles. The molecule has 106 valence electrons. The third kappa shape index (κ3) is 5.00. The zero-order valence-corrected chi connectivity index (χ0v) is 12.2. The molecule has 1 aromatic rings. The molecule has 1 unspecified atom stereocenters. The molecule has 1 atom stereocenters. The summed E-state index contributed by atoms with van der Waals surface area (Å²) in [5, 5.41) is 16.3. The van der Waals surface area contributed by atoms with E-state index in [1.807, 2.05) is 19.2 Å². The van der Waals surface area contributed by atoms with Gasteiger partial charge < -0.3 is 15.7 Å². The van der Waals surface area contributed by atoms with Gasteiger partial charge in [-0.05, 0) is 18.4 Å². The van der Waals surface area contributed by atoms with Crippen LogP contribution < -0.4 is 10.6 Å². The minimum absolute atomic E-state index is 0.0107. The van der Waals surface area contributed by atoms with Gasteiger partial charge in [0, 0.05) is 18.6 Å². The van der Waals surface area contributed by atoms with E-state index in [4.69, 9.17) is 5.11 Å². The Hall–Kier alpha value is -1.40. The van der Waals surface area contributed by atoms with Gasteiger partial charge in [0.15, 0.2) is 0 Å². The molecular formula is C13H20N2O3S. The van der Waals surface area contributed by atoms with E-state index in [1.165, 1.54) is 11.3 Å².